The molecule has 8 heteroatoms. The molecule has 0 bridgehead atoms. The summed E-state index contributed by atoms with van der Waals surface area (Å²) < 4.78 is 16.9. The molecule has 0 N–H and O–H groups in total. The molecule has 158 valence electrons. The third-order valence-corrected chi connectivity index (χ3v) is 5.34. The number of carbonyl (C=O) groups is 1. The van der Waals surface area contributed by atoms with Gasteiger partial charge in [-0.2, -0.15) is 0 Å². The van der Waals surface area contributed by atoms with E-state index in [9.17, 15) is 4.79 Å². The minimum Gasteiger partial charge on any atom is -0.490 e. The van der Waals surface area contributed by atoms with E-state index in [1.54, 1.807) is 36.4 Å². The molecule has 1 unspecified atom stereocenters. The van der Waals surface area contributed by atoms with Gasteiger partial charge < -0.3 is 14.2 Å². The highest BCUT2D eigenvalue weighted by molar-refractivity contribution is 6.42. The van der Waals surface area contributed by atoms with Crippen LogP contribution in [0.2, 0.25) is 15.1 Å². The van der Waals surface area contributed by atoms with Crippen molar-refractivity contribution in [2.45, 2.75) is 33.3 Å². The molecule has 1 aliphatic heterocycles. The molecule has 0 radical (unpaired) electrons. The van der Waals surface area contributed by atoms with Crippen LogP contribution in [0.3, 0.4) is 0 Å². The van der Waals surface area contributed by atoms with Crippen molar-refractivity contribution < 1.29 is 19.0 Å². The van der Waals surface area contributed by atoms with Crippen molar-refractivity contribution in [1.82, 2.24) is 0 Å². The predicted octanol–water partition coefficient (Wildman–Crippen LogP) is 6.57. The maximum atomic E-state index is 12.3. The molecule has 30 heavy (non-hydrogen) atoms. The second-order valence-corrected chi connectivity index (χ2v) is 7.79. The van der Waals surface area contributed by atoms with Gasteiger partial charge in [-0.1, -0.05) is 41.7 Å². The van der Waals surface area contributed by atoms with Crippen molar-refractivity contribution in [2.24, 2.45) is 4.99 Å². The lowest BCUT2D eigenvalue weighted by molar-refractivity contribution is -0.129. The van der Waals surface area contributed by atoms with Crippen LogP contribution in [0.5, 0.6) is 11.5 Å². The fraction of sp³-hybridized carbons (Fsp3) is 0.273. The van der Waals surface area contributed by atoms with E-state index in [1.807, 2.05) is 20.8 Å². The van der Waals surface area contributed by atoms with E-state index in [2.05, 4.69) is 4.99 Å². The zero-order valence-corrected chi connectivity index (χ0v) is 18.9. The van der Waals surface area contributed by atoms with Crippen molar-refractivity contribution >= 4 is 52.7 Å². The Morgan fingerprint density at radius 3 is 2.53 bits per heavy atom. The Morgan fingerprint density at radius 2 is 1.87 bits per heavy atom. The second-order valence-electron chi connectivity index (χ2n) is 6.56. The Kier molecular flexibility index (Phi) is 7.29. The van der Waals surface area contributed by atoms with Crippen LogP contribution in [0.25, 0.3) is 6.08 Å². The number of hydrogen-bond donors (Lipinski definition) is 0. The van der Waals surface area contributed by atoms with Gasteiger partial charge in [-0.15, -0.1) is 0 Å². The van der Waals surface area contributed by atoms with Crippen molar-refractivity contribution in [1.29, 1.82) is 0 Å². The zero-order chi connectivity index (χ0) is 21.8. The van der Waals surface area contributed by atoms with Crippen molar-refractivity contribution in [2.75, 3.05) is 6.61 Å². The van der Waals surface area contributed by atoms with Crippen LogP contribution in [-0.2, 0) is 9.53 Å². The first-order chi connectivity index (χ1) is 14.3. The third-order valence-electron chi connectivity index (χ3n) is 4.32. The predicted molar refractivity (Wildman–Crippen MR) is 120 cm³/mol. The van der Waals surface area contributed by atoms with E-state index in [1.165, 1.54) is 0 Å². The van der Waals surface area contributed by atoms with Crippen LogP contribution < -0.4 is 9.47 Å². The first-order valence-electron chi connectivity index (χ1n) is 9.43. The molecule has 0 spiro atoms. The van der Waals surface area contributed by atoms with Crippen LogP contribution >= 0.6 is 34.8 Å². The summed E-state index contributed by atoms with van der Waals surface area (Å²) in [5.41, 5.74) is 1.31. The summed E-state index contributed by atoms with van der Waals surface area (Å²) in [5.74, 6) is 0.545. The molecule has 1 aliphatic rings. The Labute approximate surface area is 190 Å². The summed E-state index contributed by atoms with van der Waals surface area (Å²) in [4.78, 5) is 16.6. The lowest BCUT2D eigenvalue weighted by Gasteiger charge is -2.18. The molecule has 5 nitrogen and oxygen atoms in total. The zero-order valence-electron chi connectivity index (χ0n) is 16.7. The molecule has 0 amide bonds. The number of hydrogen-bond acceptors (Lipinski definition) is 5. The number of nitrogens with zero attached hydrogens (tertiary/aromatic N) is 1. The lowest BCUT2D eigenvalue weighted by atomic mass is 10.1. The summed E-state index contributed by atoms with van der Waals surface area (Å²) in [6.45, 7) is 6.28. The summed E-state index contributed by atoms with van der Waals surface area (Å²) in [6, 6.07) is 8.31. The molecular weight excluding hydrogens is 449 g/mol. The van der Waals surface area contributed by atoms with E-state index in [4.69, 9.17) is 49.0 Å². The summed E-state index contributed by atoms with van der Waals surface area (Å²) in [5, 5.41) is 1.13. The van der Waals surface area contributed by atoms with E-state index >= 15 is 0 Å². The highest BCUT2D eigenvalue weighted by Gasteiger charge is 2.25. The number of cyclic esters (lactones) is 1. The van der Waals surface area contributed by atoms with Gasteiger partial charge in [0.2, 0.25) is 5.90 Å². The monoisotopic (exact) mass is 467 g/mol. The number of rotatable bonds is 7. The van der Waals surface area contributed by atoms with Gasteiger partial charge >= 0.3 is 5.97 Å². The first-order valence-corrected chi connectivity index (χ1v) is 10.6. The number of carbonyl (C=O) groups excluding carboxylic acids is 1. The normalized spacial score (nSPS) is 15.7. The number of benzene rings is 2. The Bertz CT molecular complexity index is 1030. The van der Waals surface area contributed by atoms with E-state index in [0.717, 1.165) is 6.42 Å². The topological polar surface area (TPSA) is 57.1 Å². The molecule has 0 aromatic heterocycles. The molecule has 2 aromatic carbocycles. The Morgan fingerprint density at radius 1 is 1.10 bits per heavy atom. The number of halogens is 3. The molecule has 1 heterocycles. The minimum atomic E-state index is -0.579. The molecule has 2 aromatic rings. The quantitative estimate of drug-likeness (QED) is 0.341. The largest absolute Gasteiger partial charge is 0.490 e. The second kappa shape index (κ2) is 9.73. The molecule has 0 saturated carbocycles. The van der Waals surface area contributed by atoms with Crippen LogP contribution in [0, 0.1) is 0 Å². The fourth-order valence-electron chi connectivity index (χ4n) is 2.65. The molecular formula is C22H20Cl3NO4. The van der Waals surface area contributed by atoms with Gasteiger partial charge in [0.1, 0.15) is 0 Å². The van der Waals surface area contributed by atoms with Crippen LogP contribution in [0.1, 0.15) is 38.3 Å². The average molecular weight is 469 g/mol. The average Bonchev–Trinajstić information content (AvgIpc) is 3.07. The molecule has 0 aliphatic carbocycles. The van der Waals surface area contributed by atoms with Gasteiger partial charge in [-0.3, -0.25) is 0 Å². The number of ether oxygens (including phenoxy) is 3. The first kappa shape index (κ1) is 22.5. The van der Waals surface area contributed by atoms with Gasteiger partial charge in [-0.05, 0) is 62.2 Å². The summed E-state index contributed by atoms with van der Waals surface area (Å²) in [7, 11) is 0. The van der Waals surface area contributed by atoms with Crippen LogP contribution in [0.4, 0.5) is 0 Å². The van der Waals surface area contributed by atoms with Gasteiger partial charge in [-0.25, -0.2) is 9.79 Å². The molecule has 3 rings (SSSR count). The maximum absolute atomic E-state index is 12.3. The molecule has 0 saturated heterocycles. The Hall–Kier alpha value is -2.21. The summed E-state index contributed by atoms with van der Waals surface area (Å²) >= 11 is 18.4. The van der Waals surface area contributed by atoms with Gasteiger partial charge in [0.05, 0.1) is 27.8 Å². The highest BCUT2D eigenvalue weighted by atomic mass is 35.5. The number of aliphatic imine (C=N–C) groups is 1. The fourth-order valence-corrected chi connectivity index (χ4v) is 3.21. The summed E-state index contributed by atoms with van der Waals surface area (Å²) in [6.07, 6.45) is 2.38. The maximum Gasteiger partial charge on any atom is 0.363 e. The van der Waals surface area contributed by atoms with E-state index in [-0.39, 0.29) is 17.7 Å². The highest BCUT2D eigenvalue weighted by Crippen LogP contribution is 2.38. The molecule has 1 atom stereocenters. The van der Waals surface area contributed by atoms with Crippen LogP contribution in [0.15, 0.2) is 41.0 Å². The van der Waals surface area contributed by atoms with Gasteiger partial charge in [0.25, 0.3) is 0 Å². The smallest absolute Gasteiger partial charge is 0.363 e. The SMILES string of the molecule is CCOc1cc(/C=C2\N=C(c3ccc(Cl)c(Cl)c3)OC2=O)cc(Cl)c1OC(C)CC. The third kappa shape index (κ3) is 5.09. The number of esters is 1. The van der Waals surface area contributed by atoms with E-state index in [0.29, 0.717) is 44.3 Å². The van der Waals surface area contributed by atoms with Crippen molar-refractivity contribution in [3.63, 3.8) is 0 Å². The minimum absolute atomic E-state index is 0.0194. The Balaban J connectivity index is 1.96. The van der Waals surface area contributed by atoms with Gasteiger partial charge in [0, 0.05) is 5.56 Å². The van der Waals surface area contributed by atoms with Gasteiger partial charge in [0.15, 0.2) is 17.2 Å². The van der Waals surface area contributed by atoms with Crippen molar-refractivity contribution in [3.8, 4) is 11.5 Å². The standard InChI is InChI=1S/C22H20Cl3NO4/c1-4-12(3)29-20-17(25)8-13(10-19(20)28-5-2)9-18-22(27)30-21(26-18)14-6-7-15(23)16(24)11-14/h6-12H,4-5H2,1-3H3/b18-9-. The lowest BCUT2D eigenvalue weighted by Crippen LogP contribution is -2.11. The van der Waals surface area contributed by atoms with E-state index < -0.39 is 5.97 Å². The molecule has 0 fully saturated rings. The van der Waals surface area contributed by atoms with Crippen molar-refractivity contribution in [3.05, 3.63) is 62.2 Å². The van der Waals surface area contributed by atoms with Crippen LogP contribution in [-0.4, -0.2) is 24.6 Å².